The number of hydrogen-bond acceptors (Lipinski definition) is 7. The van der Waals surface area contributed by atoms with E-state index < -0.39 is 5.97 Å². The van der Waals surface area contributed by atoms with Crippen LogP contribution in [0.15, 0.2) is 59.0 Å². The lowest BCUT2D eigenvalue weighted by atomic mass is 10.1. The average molecular weight is 439 g/mol. The standard InChI is InChI=1S/C23H22N2O5S/c1-15-9-16(2)11-18(10-15)29-14-22(26)25-24-13-17-6-7-19(20(12-17)28-3)30-23(27)21-5-4-8-31-21/h4-13H,14H2,1-3H3,(H,25,26). The zero-order chi connectivity index (χ0) is 22.2. The van der Waals surface area contributed by atoms with Crippen molar-refractivity contribution in [3.63, 3.8) is 0 Å². The maximum Gasteiger partial charge on any atom is 0.353 e. The Morgan fingerprint density at radius 2 is 1.84 bits per heavy atom. The molecule has 0 unspecified atom stereocenters. The Morgan fingerprint density at radius 1 is 1.06 bits per heavy atom. The highest BCUT2D eigenvalue weighted by Crippen LogP contribution is 2.28. The molecule has 1 N–H and O–H groups in total. The number of nitrogens with zero attached hydrogens (tertiary/aromatic N) is 1. The molecule has 0 saturated carbocycles. The van der Waals surface area contributed by atoms with E-state index in [1.54, 1.807) is 35.7 Å². The quantitative estimate of drug-likeness (QED) is 0.247. The fraction of sp³-hybridized carbons (Fsp3) is 0.174. The molecule has 3 aromatic rings. The molecule has 1 heterocycles. The van der Waals surface area contributed by atoms with Gasteiger partial charge in [-0.05, 0) is 72.3 Å². The van der Waals surface area contributed by atoms with Crippen LogP contribution in [0.4, 0.5) is 0 Å². The fourth-order valence-corrected chi connectivity index (χ4v) is 3.37. The summed E-state index contributed by atoms with van der Waals surface area (Å²) in [5, 5.41) is 5.73. The number of esters is 1. The molecule has 0 atom stereocenters. The number of hydrogen-bond donors (Lipinski definition) is 1. The summed E-state index contributed by atoms with van der Waals surface area (Å²) < 4.78 is 16.2. The number of benzene rings is 2. The number of methoxy groups -OCH3 is 1. The van der Waals surface area contributed by atoms with Gasteiger partial charge in [-0.25, -0.2) is 10.2 Å². The number of ether oxygens (including phenoxy) is 3. The molecule has 160 valence electrons. The molecule has 0 bridgehead atoms. The summed E-state index contributed by atoms with van der Waals surface area (Å²) in [6.45, 7) is 3.78. The number of nitrogens with one attached hydrogen (secondary N) is 1. The van der Waals surface area contributed by atoms with Crippen LogP contribution in [0.25, 0.3) is 0 Å². The maximum atomic E-state index is 12.1. The van der Waals surface area contributed by atoms with Gasteiger partial charge in [0.05, 0.1) is 13.3 Å². The zero-order valence-electron chi connectivity index (χ0n) is 17.4. The second kappa shape index (κ2) is 10.4. The first-order chi connectivity index (χ1) is 14.9. The van der Waals surface area contributed by atoms with Crippen LogP contribution in [0.5, 0.6) is 17.2 Å². The number of carbonyl (C=O) groups excluding carboxylic acids is 2. The van der Waals surface area contributed by atoms with Gasteiger partial charge in [0.15, 0.2) is 18.1 Å². The molecule has 1 aromatic heterocycles. The van der Waals surface area contributed by atoms with Crippen LogP contribution in [-0.2, 0) is 4.79 Å². The van der Waals surface area contributed by atoms with Crippen molar-refractivity contribution in [3.8, 4) is 17.2 Å². The SMILES string of the molecule is COc1cc(C=NNC(=O)COc2cc(C)cc(C)c2)ccc1OC(=O)c1cccs1. The third-order valence-electron chi connectivity index (χ3n) is 4.08. The van der Waals surface area contributed by atoms with Crippen LogP contribution in [0.2, 0.25) is 0 Å². The smallest absolute Gasteiger partial charge is 0.353 e. The van der Waals surface area contributed by atoms with E-state index in [2.05, 4.69) is 10.5 Å². The molecule has 7 nitrogen and oxygen atoms in total. The summed E-state index contributed by atoms with van der Waals surface area (Å²) in [6.07, 6.45) is 1.46. The first-order valence-electron chi connectivity index (χ1n) is 9.41. The summed E-state index contributed by atoms with van der Waals surface area (Å²) in [6, 6.07) is 14.2. The van der Waals surface area contributed by atoms with Crippen LogP contribution < -0.4 is 19.6 Å². The van der Waals surface area contributed by atoms with Crippen molar-refractivity contribution in [1.82, 2.24) is 5.43 Å². The van der Waals surface area contributed by atoms with Gasteiger partial charge in [-0.1, -0.05) is 12.1 Å². The van der Waals surface area contributed by atoms with Gasteiger partial charge in [-0.15, -0.1) is 11.3 Å². The second-order valence-electron chi connectivity index (χ2n) is 6.68. The third kappa shape index (κ3) is 6.42. The Bertz CT molecular complexity index is 1070. The number of rotatable bonds is 8. The first-order valence-corrected chi connectivity index (χ1v) is 10.3. The third-order valence-corrected chi connectivity index (χ3v) is 4.93. The molecule has 31 heavy (non-hydrogen) atoms. The Balaban J connectivity index is 1.55. The summed E-state index contributed by atoms with van der Waals surface area (Å²) in [5.41, 5.74) is 5.19. The van der Waals surface area contributed by atoms with E-state index >= 15 is 0 Å². The Morgan fingerprint density at radius 3 is 2.52 bits per heavy atom. The van der Waals surface area contributed by atoms with Crippen molar-refractivity contribution < 1.29 is 23.8 Å². The van der Waals surface area contributed by atoms with Crippen molar-refractivity contribution in [2.75, 3.05) is 13.7 Å². The molecule has 0 radical (unpaired) electrons. The molecule has 0 fully saturated rings. The molecule has 0 aliphatic heterocycles. The minimum Gasteiger partial charge on any atom is -0.493 e. The maximum absolute atomic E-state index is 12.1. The number of thiophene rings is 1. The van der Waals surface area contributed by atoms with Crippen LogP contribution in [0.1, 0.15) is 26.4 Å². The summed E-state index contributed by atoms with van der Waals surface area (Å²) in [7, 11) is 1.48. The minimum atomic E-state index is -0.453. The lowest BCUT2D eigenvalue weighted by Gasteiger charge is -2.09. The lowest BCUT2D eigenvalue weighted by molar-refractivity contribution is -0.123. The predicted molar refractivity (Wildman–Crippen MR) is 119 cm³/mol. The Kier molecular flexibility index (Phi) is 7.40. The summed E-state index contributed by atoms with van der Waals surface area (Å²) in [5.74, 6) is 0.464. The fourth-order valence-electron chi connectivity index (χ4n) is 2.77. The van der Waals surface area contributed by atoms with Gasteiger partial charge in [-0.3, -0.25) is 4.79 Å². The molecular formula is C23H22N2O5S. The van der Waals surface area contributed by atoms with Crippen LogP contribution in [0, 0.1) is 13.8 Å². The molecule has 8 heteroatoms. The normalized spacial score (nSPS) is 10.7. The van der Waals surface area contributed by atoms with E-state index in [0.29, 0.717) is 27.7 Å². The largest absolute Gasteiger partial charge is 0.493 e. The topological polar surface area (TPSA) is 86.2 Å². The monoisotopic (exact) mass is 438 g/mol. The van der Waals surface area contributed by atoms with E-state index in [0.717, 1.165) is 11.1 Å². The summed E-state index contributed by atoms with van der Waals surface area (Å²) in [4.78, 5) is 24.6. The van der Waals surface area contributed by atoms with Crippen molar-refractivity contribution >= 4 is 29.4 Å². The van der Waals surface area contributed by atoms with E-state index in [4.69, 9.17) is 14.2 Å². The number of carbonyl (C=O) groups is 2. The number of hydrazone groups is 1. The highest BCUT2D eigenvalue weighted by molar-refractivity contribution is 7.12. The van der Waals surface area contributed by atoms with Gasteiger partial charge in [-0.2, -0.15) is 5.10 Å². The van der Waals surface area contributed by atoms with Gasteiger partial charge in [0.25, 0.3) is 5.91 Å². The predicted octanol–water partition coefficient (Wildman–Crippen LogP) is 4.12. The van der Waals surface area contributed by atoms with E-state index in [9.17, 15) is 9.59 Å². The highest BCUT2D eigenvalue weighted by atomic mass is 32.1. The summed E-state index contributed by atoms with van der Waals surface area (Å²) >= 11 is 1.30. The Hall–Kier alpha value is -3.65. The molecule has 0 spiro atoms. The van der Waals surface area contributed by atoms with Gasteiger partial charge in [0, 0.05) is 0 Å². The Labute approximate surface area is 184 Å². The van der Waals surface area contributed by atoms with Crippen LogP contribution >= 0.6 is 11.3 Å². The van der Waals surface area contributed by atoms with Crippen molar-refractivity contribution in [3.05, 3.63) is 75.5 Å². The molecule has 3 rings (SSSR count). The van der Waals surface area contributed by atoms with Gasteiger partial charge >= 0.3 is 5.97 Å². The van der Waals surface area contributed by atoms with Crippen molar-refractivity contribution in [1.29, 1.82) is 0 Å². The van der Waals surface area contributed by atoms with Crippen molar-refractivity contribution in [2.45, 2.75) is 13.8 Å². The van der Waals surface area contributed by atoms with E-state index in [1.807, 2.05) is 32.0 Å². The van der Waals surface area contributed by atoms with E-state index in [-0.39, 0.29) is 12.5 Å². The lowest BCUT2D eigenvalue weighted by Crippen LogP contribution is -2.24. The van der Waals surface area contributed by atoms with Gasteiger partial charge in [0.1, 0.15) is 10.6 Å². The van der Waals surface area contributed by atoms with Crippen LogP contribution in [0.3, 0.4) is 0 Å². The minimum absolute atomic E-state index is 0.152. The number of amides is 1. The van der Waals surface area contributed by atoms with E-state index in [1.165, 1.54) is 24.7 Å². The zero-order valence-corrected chi connectivity index (χ0v) is 18.2. The highest BCUT2D eigenvalue weighted by Gasteiger charge is 2.13. The van der Waals surface area contributed by atoms with Crippen molar-refractivity contribution in [2.24, 2.45) is 5.10 Å². The first kappa shape index (κ1) is 22.0. The average Bonchev–Trinajstić information content (AvgIpc) is 3.27. The number of aryl methyl sites for hydroxylation is 2. The molecular weight excluding hydrogens is 416 g/mol. The second-order valence-corrected chi connectivity index (χ2v) is 7.63. The molecule has 0 aliphatic rings. The molecule has 0 saturated heterocycles. The molecule has 2 aromatic carbocycles. The molecule has 1 amide bonds. The molecule has 0 aliphatic carbocycles. The van der Waals surface area contributed by atoms with Crippen LogP contribution in [-0.4, -0.2) is 31.8 Å². The van der Waals surface area contributed by atoms with Gasteiger partial charge < -0.3 is 14.2 Å². The van der Waals surface area contributed by atoms with Gasteiger partial charge in [0.2, 0.25) is 0 Å².